The number of hydrogen-bond acceptors (Lipinski definition) is 6. The zero-order valence-corrected chi connectivity index (χ0v) is 16.1. The Bertz CT molecular complexity index is 994. The number of non-ortho nitro benzene ring substituents is 1. The Kier molecular flexibility index (Phi) is 6.19. The van der Waals surface area contributed by atoms with E-state index in [-0.39, 0.29) is 22.8 Å². The number of methoxy groups -OCH3 is 1. The first-order valence-electron chi connectivity index (χ1n) is 7.93. The third kappa shape index (κ3) is 4.74. The van der Waals surface area contributed by atoms with E-state index in [4.69, 9.17) is 4.74 Å². The van der Waals surface area contributed by atoms with Crippen LogP contribution in [0.25, 0.3) is 0 Å². The highest BCUT2D eigenvalue weighted by molar-refractivity contribution is 7.92. The molecule has 1 amide bonds. The Morgan fingerprint density at radius 3 is 2.36 bits per heavy atom. The van der Waals surface area contributed by atoms with E-state index in [9.17, 15) is 27.7 Å². The van der Waals surface area contributed by atoms with Gasteiger partial charge < -0.3 is 10.1 Å². The van der Waals surface area contributed by atoms with Crippen molar-refractivity contribution >= 4 is 33.0 Å². The zero-order valence-electron chi connectivity index (χ0n) is 15.2. The van der Waals surface area contributed by atoms with E-state index in [1.54, 1.807) is 0 Å². The molecular weight excluding hydrogens is 393 g/mol. The van der Waals surface area contributed by atoms with Gasteiger partial charge in [0.2, 0.25) is 15.9 Å². The van der Waals surface area contributed by atoms with Crippen LogP contribution in [-0.4, -0.2) is 38.7 Å². The van der Waals surface area contributed by atoms with Gasteiger partial charge in [-0.05, 0) is 37.3 Å². The van der Waals surface area contributed by atoms with Crippen LogP contribution in [0.4, 0.5) is 21.5 Å². The summed E-state index contributed by atoms with van der Waals surface area (Å²) in [7, 11) is -2.57. The van der Waals surface area contributed by atoms with Crippen LogP contribution < -0.4 is 14.4 Å². The van der Waals surface area contributed by atoms with Crippen LogP contribution in [-0.2, 0) is 14.8 Å². The number of anilines is 2. The number of rotatable bonds is 7. The van der Waals surface area contributed by atoms with Gasteiger partial charge in [-0.1, -0.05) is 0 Å². The van der Waals surface area contributed by atoms with E-state index in [1.165, 1.54) is 38.3 Å². The van der Waals surface area contributed by atoms with Gasteiger partial charge in [-0.2, -0.15) is 0 Å². The van der Waals surface area contributed by atoms with Gasteiger partial charge in [0, 0.05) is 12.1 Å². The van der Waals surface area contributed by atoms with Crippen molar-refractivity contribution in [2.24, 2.45) is 0 Å². The molecule has 11 heteroatoms. The number of sulfonamides is 1. The second kappa shape index (κ2) is 8.21. The predicted molar refractivity (Wildman–Crippen MR) is 101 cm³/mol. The lowest BCUT2D eigenvalue weighted by Gasteiger charge is -2.28. The largest absolute Gasteiger partial charge is 0.495 e. The highest BCUT2D eigenvalue weighted by atomic mass is 32.2. The van der Waals surface area contributed by atoms with Gasteiger partial charge in [-0.15, -0.1) is 0 Å². The fraction of sp³-hybridized carbons (Fsp3) is 0.235. The van der Waals surface area contributed by atoms with Gasteiger partial charge in [0.1, 0.15) is 17.6 Å². The minimum absolute atomic E-state index is 0.0149. The Hall–Kier alpha value is -3.21. The van der Waals surface area contributed by atoms with Gasteiger partial charge in [0.15, 0.2) is 0 Å². The molecule has 150 valence electrons. The normalized spacial score (nSPS) is 12.1. The summed E-state index contributed by atoms with van der Waals surface area (Å²) in [6, 6.07) is 6.99. The molecule has 0 bridgehead atoms. The predicted octanol–water partition coefficient (Wildman–Crippen LogP) is 2.54. The molecule has 0 aromatic heterocycles. The number of carbonyl (C=O) groups is 1. The fourth-order valence-corrected chi connectivity index (χ4v) is 3.72. The monoisotopic (exact) mass is 411 g/mol. The number of amides is 1. The summed E-state index contributed by atoms with van der Waals surface area (Å²) >= 11 is 0. The van der Waals surface area contributed by atoms with Crippen molar-refractivity contribution in [3.8, 4) is 5.75 Å². The summed E-state index contributed by atoms with van der Waals surface area (Å²) in [6.45, 7) is 1.34. The van der Waals surface area contributed by atoms with E-state index < -0.39 is 32.7 Å². The molecule has 1 atom stereocenters. The van der Waals surface area contributed by atoms with E-state index >= 15 is 0 Å². The lowest BCUT2D eigenvalue weighted by Crippen LogP contribution is -2.45. The molecule has 0 aliphatic carbocycles. The number of hydrogen-bond donors (Lipinski definition) is 1. The molecule has 0 spiro atoms. The first-order valence-corrected chi connectivity index (χ1v) is 9.77. The van der Waals surface area contributed by atoms with Crippen molar-refractivity contribution in [1.82, 2.24) is 0 Å². The molecule has 9 nitrogen and oxygen atoms in total. The van der Waals surface area contributed by atoms with Crippen molar-refractivity contribution in [2.45, 2.75) is 13.0 Å². The molecule has 1 N–H and O–H groups in total. The molecule has 0 aliphatic rings. The molecule has 0 unspecified atom stereocenters. The average molecular weight is 411 g/mol. The highest BCUT2D eigenvalue weighted by Gasteiger charge is 2.30. The summed E-state index contributed by atoms with van der Waals surface area (Å²) in [5.41, 5.74) is -0.166. The standard InChI is InChI=1S/C17H18FN3O6S/c1-11(20(28(3,25)26)13-6-4-12(18)5-7-13)17(22)19-15-10-14(21(23)24)8-9-16(15)27-2/h4-11H,1-3H3,(H,19,22)/t11-/m1/s1. The Morgan fingerprint density at radius 1 is 1.25 bits per heavy atom. The number of carbonyl (C=O) groups excluding carboxylic acids is 1. The number of nitro benzene ring substituents is 1. The number of nitro groups is 1. The van der Waals surface area contributed by atoms with Crippen LogP contribution in [0.2, 0.25) is 0 Å². The number of ether oxygens (including phenoxy) is 1. The first kappa shape index (κ1) is 21.1. The van der Waals surface area contributed by atoms with E-state index in [0.717, 1.165) is 28.8 Å². The van der Waals surface area contributed by atoms with Crippen LogP contribution in [0.1, 0.15) is 6.92 Å². The summed E-state index contributed by atoms with van der Waals surface area (Å²) < 4.78 is 43.5. The minimum atomic E-state index is -3.89. The molecule has 28 heavy (non-hydrogen) atoms. The van der Waals surface area contributed by atoms with Gasteiger partial charge in [0.25, 0.3) is 5.69 Å². The molecule has 2 aromatic carbocycles. The number of nitrogens with one attached hydrogen (secondary N) is 1. The number of halogens is 1. The SMILES string of the molecule is COc1ccc([N+](=O)[O-])cc1NC(=O)[C@@H](C)N(c1ccc(F)cc1)S(C)(=O)=O. The molecule has 0 fully saturated rings. The van der Waals surface area contributed by atoms with Crippen LogP contribution >= 0.6 is 0 Å². The summed E-state index contributed by atoms with van der Waals surface area (Å²) in [6.07, 6.45) is 0.911. The van der Waals surface area contributed by atoms with Gasteiger partial charge >= 0.3 is 0 Å². The van der Waals surface area contributed by atoms with Gasteiger partial charge in [-0.25, -0.2) is 12.8 Å². The topological polar surface area (TPSA) is 119 Å². The number of nitrogens with zero attached hydrogens (tertiary/aromatic N) is 2. The third-order valence-electron chi connectivity index (χ3n) is 3.82. The third-order valence-corrected chi connectivity index (χ3v) is 5.06. The van der Waals surface area contributed by atoms with Crippen LogP contribution in [0.3, 0.4) is 0 Å². The molecule has 0 heterocycles. The smallest absolute Gasteiger partial charge is 0.271 e. The summed E-state index contributed by atoms with van der Waals surface area (Å²) in [4.78, 5) is 23.0. The van der Waals surface area contributed by atoms with E-state index in [2.05, 4.69) is 5.32 Å². The Balaban J connectivity index is 2.37. The molecule has 2 rings (SSSR count). The quantitative estimate of drug-likeness (QED) is 0.552. The zero-order chi connectivity index (χ0) is 21.1. The summed E-state index contributed by atoms with van der Waals surface area (Å²) in [5, 5.41) is 13.4. The second-order valence-electron chi connectivity index (χ2n) is 5.84. The van der Waals surface area contributed by atoms with Crippen molar-refractivity contribution in [2.75, 3.05) is 23.0 Å². The van der Waals surface area contributed by atoms with Crippen LogP contribution in [0.5, 0.6) is 5.75 Å². The first-order chi connectivity index (χ1) is 13.0. The van der Waals surface area contributed by atoms with Crippen molar-refractivity contribution < 1.29 is 27.3 Å². The second-order valence-corrected chi connectivity index (χ2v) is 7.70. The van der Waals surface area contributed by atoms with E-state index in [0.29, 0.717) is 0 Å². The molecule has 2 aromatic rings. The fourth-order valence-electron chi connectivity index (χ4n) is 2.54. The van der Waals surface area contributed by atoms with Crippen LogP contribution in [0.15, 0.2) is 42.5 Å². The molecule has 0 radical (unpaired) electrons. The number of benzene rings is 2. The maximum absolute atomic E-state index is 13.2. The molecule has 0 saturated heterocycles. The average Bonchev–Trinajstić information content (AvgIpc) is 2.62. The summed E-state index contributed by atoms with van der Waals surface area (Å²) in [5.74, 6) is -1.15. The van der Waals surface area contributed by atoms with Crippen molar-refractivity contribution in [3.05, 3.63) is 58.4 Å². The van der Waals surface area contributed by atoms with Gasteiger partial charge in [0.05, 0.1) is 29.7 Å². The molecule has 0 saturated carbocycles. The van der Waals surface area contributed by atoms with E-state index in [1.807, 2.05) is 0 Å². The highest BCUT2D eigenvalue weighted by Crippen LogP contribution is 2.30. The Labute approximate surface area is 160 Å². The maximum Gasteiger partial charge on any atom is 0.271 e. The van der Waals surface area contributed by atoms with Crippen LogP contribution in [0, 0.1) is 15.9 Å². The Morgan fingerprint density at radius 2 is 1.86 bits per heavy atom. The van der Waals surface area contributed by atoms with Gasteiger partial charge in [-0.3, -0.25) is 19.2 Å². The van der Waals surface area contributed by atoms with Crippen molar-refractivity contribution in [3.63, 3.8) is 0 Å². The lowest BCUT2D eigenvalue weighted by atomic mass is 10.2. The lowest BCUT2D eigenvalue weighted by molar-refractivity contribution is -0.384. The van der Waals surface area contributed by atoms with Crippen molar-refractivity contribution in [1.29, 1.82) is 0 Å². The molecule has 0 aliphatic heterocycles. The molecular formula is C17H18FN3O6S. The minimum Gasteiger partial charge on any atom is -0.495 e. The maximum atomic E-state index is 13.2.